The second kappa shape index (κ2) is 27.9. The summed E-state index contributed by atoms with van der Waals surface area (Å²) in [7, 11) is 4.37. The minimum absolute atomic E-state index is 0.833. The van der Waals surface area contributed by atoms with Crippen LogP contribution in [-0.4, -0.2) is 63.3 Å². The molecule has 0 amide bonds. The number of piperidine rings is 1. The molecule has 3 heterocycles. The molecule has 0 atom stereocenters. The standard InChI is InChI=1S/C6H13N.C5H11N.C5H10O.3C4H10/c1-7-5-3-2-4-6-7;1-6-4-2-3-5-6;1-2-4-6-5-3-1;3*1-4(2)3/h2-6H2,1H3;2-5H2,1H3;1-5H2;3*4H,1-3H3. The van der Waals surface area contributed by atoms with Gasteiger partial charge in [0.05, 0.1) is 0 Å². The maximum absolute atomic E-state index is 5.07. The van der Waals surface area contributed by atoms with Crippen LogP contribution in [0.25, 0.3) is 0 Å². The summed E-state index contributed by atoms with van der Waals surface area (Å²) in [6.07, 6.45) is 11.0. The topological polar surface area (TPSA) is 15.7 Å². The summed E-state index contributed by atoms with van der Waals surface area (Å²) < 4.78 is 5.07. The van der Waals surface area contributed by atoms with Gasteiger partial charge in [-0.2, -0.15) is 0 Å². The van der Waals surface area contributed by atoms with Gasteiger partial charge in [-0.1, -0.05) is 68.7 Å². The lowest BCUT2D eigenvalue weighted by Gasteiger charge is -2.20. The third kappa shape index (κ3) is 53.3. The van der Waals surface area contributed by atoms with E-state index in [2.05, 4.69) is 86.2 Å². The third-order valence-electron chi connectivity index (χ3n) is 3.99. The molecule has 3 nitrogen and oxygen atoms in total. The molecule has 0 aromatic heterocycles. The summed E-state index contributed by atoms with van der Waals surface area (Å²) in [5.41, 5.74) is 0. The number of hydrogen-bond acceptors (Lipinski definition) is 3. The lowest BCUT2D eigenvalue weighted by molar-refractivity contribution is 0.0968. The molecule has 3 aliphatic rings. The molecule has 0 N–H and O–H groups in total. The van der Waals surface area contributed by atoms with Gasteiger partial charge in [0, 0.05) is 13.2 Å². The Morgan fingerprint density at radius 1 is 0.419 bits per heavy atom. The van der Waals surface area contributed by atoms with Gasteiger partial charge in [-0.25, -0.2) is 0 Å². The minimum atomic E-state index is 0.833. The van der Waals surface area contributed by atoms with E-state index in [1.54, 1.807) is 0 Å². The second-order valence-electron chi connectivity index (χ2n) is 11.2. The van der Waals surface area contributed by atoms with Gasteiger partial charge in [0.25, 0.3) is 0 Å². The fraction of sp³-hybridized carbons (Fsp3) is 1.00. The fourth-order valence-electron chi connectivity index (χ4n) is 2.61. The van der Waals surface area contributed by atoms with Crippen molar-refractivity contribution in [2.24, 2.45) is 17.8 Å². The molecular weight excluding hydrogens is 380 g/mol. The van der Waals surface area contributed by atoms with E-state index in [0.29, 0.717) is 0 Å². The molecule has 0 spiro atoms. The second-order valence-corrected chi connectivity index (χ2v) is 11.2. The Kier molecular flexibility index (Phi) is 31.9. The maximum atomic E-state index is 5.07. The summed E-state index contributed by atoms with van der Waals surface area (Å²) in [5.74, 6) is 2.50. The smallest absolute Gasteiger partial charge is 0.0466 e. The molecular formula is C28H64N2O. The SMILES string of the molecule is C1CCOCC1.CC(C)C.CC(C)C.CC(C)C.CN1CCCC1.CN1CCCCC1. The molecule has 0 radical (unpaired) electrons. The summed E-state index contributed by atoms with van der Waals surface area (Å²) in [6.45, 7) is 26.8. The van der Waals surface area contributed by atoms with Crippen molar-refractivity contribution >= 4 is 0 Å². The van der Waals surface area contributed by atoms with E-state index in [9.17, 15) is 0 Å². The number of rotatable bonds is 0. The monoisotopic (exact) mass is 445 g/mol. The van der Waals surface area contributed by atoms with E-state index < -0.39 is 0 Å². The summed E-state index contributed by atoms with van der Waals surface area (Å²) >= 11 is 0. The van der Waals surface area contributed by atoms with Crippen molar-refractivity contribution in [2.75, 3.05) is 53.5 Å². The predicted octanol–water partition coefficient (Wildman–Crippen LogP) is 7.99. The highest BCUT2D eigenvalue weighted by molar-refractivity contribution is 4.59. The zero-order chi connectivity index (χ0) is 24.5. The molecule has 3 rings (SSSR count). The Balaban J connectivity index is -0.000000309. The Hall–Kier alpha value is -0.120. The fourth-order valence-corrected chi connectivity index (χ4v) is 2.61. The lowest BCUT2D eigenvalue weighted by atomic mass is 10.1. The Bertz CT molecular complexity index is 255. The average Bonchev–Trinajstić information content (AvgIpc) is 3.14. The van der Waals surface area contributed by atoms with Crippen LogP contribution in [0.15, 0.2) is 0 Å². The lowest BCUT2D eigenvalue weighted by Crippen LogP contribution is -2.24. The van der Waals surface area contributed by atoms with Crippen molar-refractivity contribution in [3.63, 3.8) is 0 Å². The molecule has 3 saturated heterocycles. The van der Waals surface area contributed by atoms with Gasteiger partial charge in [0.15, 0.2) is 0 Å². The molecule has 3 fully saturated rings. The zero-order valence-corrected chi connectivity index (χ0v) is 23.9. The van der Waals surface area contributed by atoms with Crippen LogP contribution in [0.4, 0.5) is 0 Å². The average molecular weight is 445 g/mol. The molecule has 3 heteroatoms. The van der Waals surface area contributed by atoms with Gasteiger partial charge in [-0.15, -0.1) is 0 Å². The van der Waals surface area contributed by atoms with E-state index in [0.717, 1.165) is 31.0 Å². The van der Waals surface area contributed by atoms with Crippen LogP contribution in [0.2, 0.25) is 0 Å². The van der Waals surface area contributed by atoms with Gasteiger partial charge in [-0.05, 0) is 103 Å². The number of hydrogen-bond donors (Lipinski definition) is 0. The van der Waals surface area contributed by atoms with E-state index in [1.165, 1.54) is 77.5 Å². The van der Waals surface area contributed by atoms with Crippen molar-refractivity contribution < 1.29 is 4.74 Å². The van der Waals surface area contributed by atoms with Gasteiger partial charge in [0.2, 0.25) is 0 Å². The van der Waals surface area contributed by atoms with Crippen molar-refractivity contribution in [1.82, 2.24) is 9.80 Å². The molecule has 0 unspecified atom stereocenters. The molecule has 0 aromatic carbocycles. The van der Waals surface area contributed by atoms with Gasteiger partial charge >= 0.3 is 0 Å². The summed E-state index contributed by atoms with van der Waals surface area (Å²) in [5, 5.41) is 0. The molecule has 0 saturated carbocycles. The summed E-state index contributed by atoms with van der Waals surface area (Å²) in [4.78, 5) is 4.75. The van der Waals surface area contributed by atoms with E-state index >= 15 is 0 Å². The quantitative estimate of drug-likeness (QED) is 0.376. The molecule has 0 aliphatic carbocycles. The Morgan fingerprint density at radius 3 is 0.742 bits per heavy atom. The van der Waals surface area contributed by atoms with Crippen molar-refractivity contribution in [3.8, 4) is 0 Å². The molecule has 3 aliphatic heterocycles. The highest BCUT2D eigenvalue weighted by atomic mass is 16.5. The van der Waals surface area contributed by atoms with Crippen LogP contribution in [0.5, 0.6) is 0 Å². The van der Waals surface area contributed by atoms with Crippen LogP contribution in [0.1, 0.15) is 114 Å². The number of nitrogens with zero attached hydrogens (tertiary/aromatic N) is 2. The molecule has 0 bridgehead atoms. The van der Waals surface area contributed by atoms with Crippen LogP contribution >= 0.6 is 0 Å². The van der Waals surface area contributed by atoms with Crippen LogP contribution < -0.4 is 0 Å². The normalized spacial score (nSPS) is 18.8. The third-order valence-corrected chi connectivity index (χ3v) is 3.99. The predicted molar refractivity (Wildman–Crippen MR) is 144 cm³/mol. The van der Waals surface area contributed by atoms with Gasteiger partial charge in [-0.3, -0.25) is 0 Å². The minimum Gasteiger partial charge on any atom is -0.381 e. The van der Waals surface area contributed by atoms with E-state index in [-0.39, 0.29) is 0 Å². The zero-order valence-electron chi connectivity index (χ0n) is 23.9. The number of ether oxygens (including phenoxy) is 1. The van der Waals surface area contributed by atoms with Gasteiger partial charge in [0.1, 0.15) is 0 Å². The highest BCUT2D eigenvalue weighted by Crippen LogP contribution is 2.05. The van der Waals surface area contributed by atoms with E-state index in [1.807, 2.05) is 0 Å². The summed E-state index contributed by atoms with van der Waals surface area (Å²) in [6, 6.07) is 0. The van der Waals surface area contributed by atoms with E-state index in [4.69, 9.17) is 4.74 Å². The molecule has 0 aromatic rings. The van der Waals surface area contributed by atoms with Crippen LogP contribution in [-0.2, 0) is 4.74 Å². The first-order valence-corrected chi connectivity index (χ1v) is 13.4. The van der Waals surface area contributed by atoms with Crippen molar-refractivity contribution in [1.29, 1.82) is 0 Å². The van der Waals surface area contributed by atoms with Crippen molar-refractivity contribution in [3.05, 3.63) is 0 Å². The van der Waals surface area contributed by atoms with Crippen molar-refractivity contribution in [2.45, 2.75) is 114 Å². The highest BCUT2D eigenvalue weighted by Gasteiger charge is 2.03. The Labute approximate surface area is 199 Å². The first-order valence-electron chi connectivity index (χ1n) is 13.4. The first-order chi connectivity index (χ1) is 14.5. The Morgan fingerprint density at radius 2 is 0.645 bits per heavy atom. The van der Waals surface area contributed by atoms with Crippen LogP contribution in [0.3, 0.4) is 0 Å². The maximum Gasteiger partial charge on any atom is 0.0466 e. The first kappa shape index (κ1) is 35.5. The van der Waals surface area contributed by atoms with Gasteiger partial charge < -0.3 is 14.5 Å². The number of likely N-dealkylation sites (tertiary alicyclic amines) is 2. The molecule has 31 heavy (non-hydrogen) atoms. The largest absolute Gasteiger partial charge is 0.381 e. The molecule has 192 valence electrons. The van der Waals surface area contributed by atoms with Crippen LogP contribution in [0, 0.1) is 17.8 Å².